The first-order valence-corrected chi connectivity index (χ1v) is 8.17. The van der Waals surface area contributed by atoms with Gasteiger partial charge in [-0.3, -0.25) is 0 Å². The number of anilines is 1. The predicted molar refractivity (Wildman–Crippen MR) is 88.7 cm³/mol. The number of nitrogens with zero attached hydrogens (tertiary/aromatic N) is 1. The van der Waals surface area contributed by atoms with Crippen molar-refractivity contribution in [2.75, 3.05) is 11.5 Å². The zero-order chi connectivity index (χ0) is 14.7. The van der Waals surface area contributed by atoms with E-state index in [1.54, 1.807) is 11.3 Å². The first-order valence-electron chi connectivity index (χ1n) is 7.29. The Labute approximate surface area is 130 Å². The van der Waals surface area contributed by atoms with Gasteiger partial charge in [0.15, 0.2) is 0 Å². The molecule has 1 N–H and O–H groups in total. The molecule has 0 amide bonds. The van der Waals surface area contributed by atoms with Gasteiger partial charge in [0.25, 0.3) is 0 Å². The molecule has 2 nitrogen and oxygen atoms in total. The number of fused-ring (bicyclic) bond motifs is 1. The van der Waals surface area contributed by atoms with E-state index in [2.05, 4.69) is 59.4 Å². The zero-order valence-electron chi connectivity index (χ0n) is 12.2. The van der Waals surface area contributed by atoms with Crippen molar-refractivity contribution in [3.8, 4) is 11.8 Å². The topological polar surface area (TPSA) is 23.5 Å². The molecule has 108 valence electrons. The van der Waals surface area contributed by atoms with Gasteiger partial charge in [-0.15, -0.1) is 11.3 Å². The van der Waals surface area contributed by atoms with E-state index >= 15 is 0 Å². The summed E-state index contributed by atoms with van der Waals surface area (Å²) >= 11 is 1.74. The maximum absolute atomic E-state index is 8.76. The van der Waals surface area contributed by atoms with Crippen molar-refractivity contribution < 1.29 is 5.11 Å². The summed E-state index contributed by atoms with van der Waals surface area (Å²) < 4.78 is 0. The van der Waals surface area contributed by atoms with Crippen molar-refractivity contribution in [1.82, 2.24) is 0 Å². The average molecular weight is 297 g/mol. The van der Waals surface area contributed by atoms with Crippen LogP contribution in [0.1, 0.15) is 29.3 Å². The molecule has 3 heteroatoms. The Bertz CT molecular complexity index is 680. The SMILES string of the molecule is CC1CCc2ccccc2N1Cc1cc(C#CCO)cs1. The Hall–Kier alpha value is -1.76. The molecule has 0 spiro atoms. The van der Waals surface area contributed by atoms with E-state index in [0.717, 1.165) is 12.1 Å². The Morgan fingerprint density at radius 2 is 2.24 bits per heavy atom. The molecule has 3 rings (SSSR count). The lowest BCUT2D eigenvalue weighted by molar-refractivity contribution is 0.350. The molecule has 1 aliphatic heterocycles. The molecule has 21 heavy (non-hydrogen) atoms. The average Bonchev–Trinajstić information content (AvgIpc) is 2.96. The second kappa shape index (κ2) is 6.34. The Morgan fingerprint density at radius 1 is 1.38 bits per heavy atom. The minimum Gasteiger partial charge on any atom is -0.384 e. The summed E-state index contributed by atoms with van der Waals surface area (Å²) in [6.45, 7) is 3.15. The van der Waals surface area contributed by atoms with Crippen molar-refractivity contribution in [1.29, 1.82) is 0 Å². The first-order chi connectivity index (χ1) is 10.3. The molecule has 1 aliphatic rings. The molecule has 1 aromatic carbocycles. The van der Waals surface area contributed by atoms with Gasteiger partial charge in [-0.05, 0) is 37.5 Å². The van der Waals surface area contributed by atoms with Gasteiger partial charge in [0, 0.05) is 27.5 Å². The van der Waals surface area contributed by atoms with Gasteiger partial charge in [0.1, 0.15) is 6.61 Å². The van der Waals surface area contributed by atoms with Crippen LogP contribution in [0.4, 0.5) is 5.69 Å². The second-order valence-corrected chi connectivity index (χ2v) is 6.40. The number of benzene rings is 1. The lowest BCUT2D eigenvalue weighted by Crippen LogP contribution is -2.36. The van der Waals surface area contributed by atoms with Crippen molar-refractivity contribution in [2.45, 2.75) is 32.4 Å². The van der Waals surface area contributed by atoms with E-state index < -0.39 is 0 Å². The number of aryl methyl sites for hydroxylation is 1. The second-order valence-electron chi connectivity index (χ2n) is 5.41. The zero-order valence-corrected chi connectivity index (χ0v) is 13.0. The van der Waals surface area contributed by atoms with E-state index in [1.807, 2.05) is 0 Å². The predicted octanol–water partition coefficient (Wildman–Crippen LogP) is 3.43. The van der Waals surface area contributed by atoms with Gasteiger partial charge < -0.3 is 10.0 Å². The van der Waals surface area contributed by atoms with E-state index in [9.17, 15) is 0 Å². The minimum absolute atomic E-state index is 0.0816. The van der Waals surface area contributed by atoms with Crippen LogP contribution in [-0.4, -0.2) is 17.8 Å². The van der Waals surface area contributed by atoms with E-state index in [-0.39, 0.29) is 6.61 Å². The molecule has 0 aliphatic carbocycles. The summed E-state index contributed by atoms with van der Waals surface area (Å²) in [5, 5.41) is 10.8. The quantitative estimate of drug-likeness (QED) is 0.858. The highest BCUT2D eigenvalue weighted by atomic mass is 32.1. The van der Waals surface area contributed by atoms with Crippen LogP contribution in [0, 0.1) is 11.8 Å². The molecule has 0 fully saturated rings. The summed E-state index contributed by atoms with van der Waals surface area (Å²) in [4.78, 5) is 3.81. The third-order valence-corrected chi connectivity index (χ3v) is 4.88. The van der Waals surface area contributed by atoms with Crippen LogP contribution in [0.2, 0.25) is 0 Å². The maximum Gasteiger partial charge on any atom is 0.104 e. The fourth-order valence-corrected chi connectivity index (χ4v) is 3.65. The van der Waals surface area contributed by atoms with Crippen molar-refractivity contribution >= 4 is 17.0 Å². The standard InChI is InChI=1S/C18H19NOS/c1-14-8-9-16-6-2-3-7-18(16)19(14)12-17-11-15(13-21-17)5-4-10-20/h2-3,6-7,11,13-14,20H,8-10,12H2,1H3. The molecule has 0 saturated heterocycles. The van der Waals surface area contributed by atoms with E-state index in [0.29, 0.717) is 6.04 Å². The molecule has 1 unspecified atom stereocenters. The summed E-state index contributed by atoms with van der Waals surface area (Å²) in [5.74, 6) is 5.68. The van der Waals surface area contributed by atoms with E-state index in [4.69, 9.17) is 5.11 Å². The van der Waals surface area contributed by atoms with E-state index in [1.165, 1.54) is 29.0 Å². The summed E-state index contributed by atoms with van der Waals surface area (Å²) in [6.07, 6.45) is 2.38. The Balaban J connectivity index is 1.82. The van der Waals surface area contributed by atoms with Crippen molar-refractivity contribution in [3.05, 3.63) is 51.7 Å². The number of aliphatic hydroxyl groups excluding tert-OH is 1. The van der Waals surface area contributed by atoms with Crippen LogP contribution >= 0.6 is 11.3 Å². The third kappa shape index (κ3) is 3.12. The number of para-hydroxylation sites is 1. The van der Waals surface area contributed by atoms with Crippen LogP contribution < -0.4 is 4.90 Å². The molecule has 2 heterocycles. The first kappa shape index (κ1) is 14.2. The lowest BCUT2D eigenvalue weighted by Gasteiger charge is -2.36. The van der Waals surface area contributed by atoms with Crippen LogP contribution in [0.3, 0.4) is 0 Å². The third-order valence-electron chi connectivity index (χ3n) is 3.96. The summed E-state index contributed by atoms with van der Waals surface area (Å²) in [5.41, 5.74) is 3.82. The largest absolute Gasteiger partial charge is 0.384 e. The summed E-state index contributed by atoms with van der Waals surface area (Å²) in [7, 11) is 0. The molecule has 0 saturated carbocycles. The van der Waals surface area contributed by atoms with Crippen molar-refractivity contribution in [3.63, 3.8) is 0 Å². The molecular weight excluding hydrogens is 278 g/mol. The van der Waals surface area contributed by atoms with Crippen LogP contribution in [-0.2, 0) is 13.0 Å². The normalized spacial score (nSPS) is 17.0. The number of rotatable bonds is 2. The van der Waals surface area contributed by atoms with Crippen LogP contribution in [0.25, 0.3) is 0 Å². The monoisotopic (exact) mass is 297 g/mol. The summed E-state index contributed by atoms with van der Waals surface area (Å²) in [6, 6.07) is 11.4. The van der Waals surface area contributed by atoms with Gasteiger partial charge in [-0.1, -0.05) is 30.0 Å². The van der Waals surface area contributed by atoms with Crippen LogP contribution in [0.15, 0.2) is 35.7 Å². The molecule has 1 atom stereocenters. The van der Waals surface area contributed by atoms with Gasteiger partial charge in [0.2, 0.25) is 0 Å². The highest BCUT2D eigenvalue weighted by Crippen LogP contribution is 2.32. The highest BCUT2D eigenvalue weighted by Gasteiger charge is 2.22. The number of thiophene rings is 1. The van der Waals surface area contributed by atoms with Gasteiger partial charge in [-0.25, -0.2) is 0 Å². The minimum atomic E-state index is -0.0816. The number of aliphatic hydroxyl groups is 1. The van der Waals surface area contributed by atoms with Crippen molar-refractivity contribution in [2.24, 2.45) is 0 Å². The number of hydrogen-bond donors (Lipinski definition) is 1. The Kier molecular flexibility index (Phi) is 4.28. The highest BCUT2D eigenvalue weighted by molar-refractivity contribution is 7.10. The van der Waals surface area contributed by atoms with Gasteiger partial charge in [-0.2, -0.15) is 0 Å². The molecular formula is C18H19NOS. The smallest absolute Gasteiger partial charge is 0.104 e. The maximum atomic E-state index is 8.76. The van der Waals surface area contributed by atoms with Gasteiger partial charge in [0.05, 0.1) is 6.54 Å². The lowest BCUT2D eigenvalue weighted by atomic mass is 9.96. The fraction of sp³-hybridized carbons (Fsp3) is 0.333. The molecule has 0 radical (unpaired) electrons. The van der Waals surface area contributed by atoms with Crippen LogP contribution in [0.5, 0.6) is 0 Å². The fourth-order valence-electron chi connectivity index (χ4n) is 2.84. The molecule has 0 bridgehead atoms. The Morgan fingerprint density at radius 3 is 3.10 bits per heavy atom. The molecule has 1 aromatic heterocycles. The van der Waals surface area contributed by atoms with Gasteiger partial charge >= 0.3 is 0 Å². The molecule has 2 aromatic rings. The number of hydrogen-bond acceptors (Lipinski definition) is 3.